The second kappa shape index (κ2) is 6.96. The summed E-state index contributed by atoms with van der Waals surface area (Å²) in [5, 5.41) is 8.94. The summed E-state index contributed by atoms with van der Waals surface area (Å²) in [6, 6.07) is -1.02. The van der Waals surface area contributed by atoms with Gasteiger partial charge in [-0.25, -0.2) is 13.1 Å². The van der Waals surface area contributed by atoms with Crippen LogP contribution in [-0.4, -0.2) is 31.3 Å². The van der Waals surface area contributed by atoms with E-state index in [1.165, 1.54) is 0 Å². The second-order valence-corrected chi connectivity index (χ2v) is 7.01. The first kappa shape index (κ1) is 16.4. The molecule has 0 fully saturated rings. The zero-order valence-electron chi connectivity index (χ0n) is 10.9. The molecule has 17 heavy (non-hydrogen) atoms. The number of carbonyl (C=O) groups is 1. The number of aliphatic carboxylic acids is 1. The van der Waals surface area contributed by atoms with E-state index in [4.69, 9.17) is 5.11 Å². The predicted octanol–water partition coefficient (Wildman–Crippen LogP) is 1.45. The number of hydrogen-bond donors (Lipinski definition) is 2. The van der Waals surface area contributed by atoms with Crippen molar-refractivity contribution in [2.45, 2.75) is 46.6 Å². The highest BCUT2D eigenvalue weighted by atomic mass is 32.2. The van der Waals surface area contributed by atoms with Crippen LogP contribution in [0, 0.1) is 11.8 Å². The lowest BCUT2D eigenvalue weighted by Crippen LogP contribution is -2.42. The quantitative estimate of drug-likeness (QED) is 0.696. The number of carboxylic acids is 1. The molecule has 0 heterocycles. The van der Waals surface area contributed by atoms with Crippen molar-refractivity contribution in [1.29, 1.82) is 0 Å². The molecule has 0 aliphatic heterocycles. The van der Waals surface area contributed by atoms with Crippen LogP contribution >= 0.6 is 0 Å². The molecule has 0 aliphatic rings. The maximum atomic E-state index is 11.7. The van der Waals surface area contributed by atoms with Crippen molar-refractivity contribution in [2.75, 3.05) is 5.75 Å². The van der Waals surface area contributed by atoms with Crippen molar-refractivity contribution >= 4 is 16.0 Å². The fourth-order valence-electron chi connectivity index (χ4n) is 1.34. The smallest absolute Gasteiger partial charge is 0.321 e. The Morgan fingerprint density at radius 3 is 2.06 bits per heavy atom. The van der Waals surface area contributed by atoms with Gasteiger partial charge in [0.05, 0.1) is 5.75 Å². The van der Waals surface area contributed by atoms with Gasteiger partial charge in [0.2, 0.25) is 10.0 Å². The molecule has 0 aromatic heterocycles. The molecular weight excluding hydrogens is 242 g/mol. The third-order valence-corrected chi connectivity index (χ3v) is 3.71. The Hall–Kier alpha value is -0.620. The summed E-state index contributed by atoms with van der Waals surface area (Å²) in [5.74, 6) is -0.734. The van der Waals surface area contributed by atoms with Gasteiger partial charge >= 0.3 is 5.97 Å². The minimum absolute atomic E-state index is 0.0213. The Labute approximate surface area is 104 Å². The molecule has 1 atom stereocenters. The van der Waals surface area contributed by atoms with Crippen molar-refractivity contribution in [2.24, 2.45) is 11.8 Å². The molecule has 0 saturated carbocycles. The van der Waals surface area contributed by atoms with Crippen molar-refractivity contribution in [3.8, 4) is 0 Å². The van der Waals surface area contributed by atoms with Gasteiger partial charge in [-0.3, -0.25) is 4.79 Å². The summed E-state index contributed by atoms with van der Waals surface area (Å²) in [7, 11) is -3.50. The van der Waals surface area contributed by atoms with E-state index in [0.29, 0.717) is 12.8 Å². The first-order valence-electron chi connectivity index (χ1n) is 5.87. The van der Waals surface area contributed by atoms with Crippen LogP contribution in [-0.2, 0) is 14.8 Å². The summed E-state index contributed by atoms with van der Waals surface area (Å²) < 4.78 is 25.6. The molecule has 0 unspecified atom stereocenters. The van der Waals surface area contributed by atoms with Crippen molar-refractivity contribution in [1.82, 2.24) is 4.72 Å². The van der Waals surface area contributed by atoms with Crippen molar-refractivity contribution in [3.63, 3.8) is 0 Å². The summed E-state index contributed by atoms with van der Waals surface area (Å²) in [4.78, 5) is 10.9. The molecule has 0 rings (SSSR count). The zero-order valence-corrected chi connectivity index (χ0v) is 11.8. The first-order chi connectivity index (χ1) is 7.64. The maximum Gasteiger partial charge on any atom is 0.321 e. The summed E-state index contributed by atoms with van der Waals surface area (Å²) in [6.45, 7) is 7.58. The Bertz CT molecular complexity index is 335. The molecule has 0 spiro atoms. The molecule has 0 radical (unpaired) electrons. The number of hydrogen-bond acceptors (Lipinski definition) is 3. The van der Waals surface area contributed by atoms with Crippen LogP contribution in [0.4, 0.5) is 0 Å². The number of rotatable bonds is 8. The standard InChI is InChI=1S/C11H23NO4S/c1-8(2)5-6-17(15,16)12-10(11(13)14)7-9(3)4/h8-10,12H,5-7H2,1-4H3,(H,13,14)/t10-/m0/s1. The van der Waals surface area contributed by atoms with Gasteiger partial charge in [-0.15, -0.1) is 0 Å². The summed E-state index contributed by atoms with van der Waals surface area (Å²) >= 11 is 0. The van der Waals surface area contributed by atoms with Crippen molar-refractivity contribution < 1.29 is 18.3 Å². The van der Waals surface area contributed by atoms with Crippen LogP contribution in [0.3, 0.4) is 0 Å². The van der Waals surface area contributed by atoms with E-state index in [1.807, 2.05) is 27.7 Å². The van der Waals surface area contributed by atoms with E-state index in [9.17, 15) is 13.2 Å². The number of carboxylic acid groups (broad SMARTS) is 1. The van der Waals surface area contributed by atoms with Gasteiger partial charge in [0.1, 0.15) is 6.04 Å². The van der Waals surface area contributed by atoms with E-state index in [2.05, 4.69) is 4.72 Å². The fourth-order valence-corrected chi connectivity index (χ4v) is 2.87. The zero-order chi connectivity index (χ0) is 13.6. The van der Waals surface area contributed by atoms with Gasteiger partial charge in [0.15, 0.2) is 0 Å². The van der Waals surface area contributed by atoms with Crippen LogP contribution in [0.5, 0.6) is 0 Å². The van der Waals surface area contributed by atoms with E-state index in [-0.39, 0.29) is 17.6 Å². The molecule has 0 amide bonds. The monoisotopic (exact) mass is 265 g/mol. The van der Waals surface area contributed by atoms with E-state index in [0.717, 1.165) is 0 Å². The molecular formula is C11H23NO4S. The second-order valence-electron chi connectivity index (χ2n) is 5.14. The summed E-state index contributed by atoms with van der Waals surface area (Å²) in [5.41, 5.74) is 0. The van der Waals surface area contributed by atoms with E-state index < -0.39 is 22.0 Å². The predicted molar refractivity (Wildman–Crippen MR) is 67.3 cm³/mol. The summed E-state index contributed by atoms with van der Waals surface area (Å²) in [6.07, 6.45) is 0.833. The molecule has 0 aromatic rings. The molecule has 5 nitrogen and oxygen atoms in total. The van der Waals surface area contributed by atoms with Gasteiger partial charge in [-0.05, 0) is 24.7 Å². The average Bonchev–Trinajstić information content (AvgIpc) is 2.12. The van der Waals surface area contributed by atoms with Gasteiger partial charge in [0, 0.05) is 0 Å². The third kappa shape index (κ3) is 8.15. The van der Waals surface area contributed by atoms with Crippen LogP contribution in [0.1, 0.15) is 40.5 Å². The minimum atomic E-state index is -3.50. The number of nitrogens with one attached hydrogen (secondary N) is 1. The first-order valence-corrected chi connectivity index (χ1v) is 7.52. The molecule has 6 heteroatoms. The highest BCUT2D eigenvalue weighted by Crippen LogP contribution is 2.08. The topological polar surface area (TPSA) is 83.5 Å². The SMILES string of the molecule is CC(C)CCS(=O)(=O)N[C@@H](CC(C)C)C(=O)O. The van der Waals surface area contributed by atoms with E-state index >= 15 is 0 Å². The highest BCUT2D eigenvalue weighted by molar-refractivity contribution is 7.89. The minimum Gasteiger partial charge on any atom is -0.480 e. The lowest BCUT2D eigenvalue weighted by Gasteiger charge is -2.17. The lowest BCUT2D eigenvalue weighted by molar-refractivity contribution is -0.139. The third-order valence-electron chi connectivity index (χ3n) is 2.29. The van der Waals surface area contributed by atoms with Crippen LogP contribution in [0.15, 0.2) is 0 Å². The van der Waals surface area contributed by atoms with Gasteiger partial charge in [-0.2, -0.15) is 0 Å². The van der Waals surface area contributed by atoms with Gasteiger partial charge in [-0.1, -0.05) is 27.7 Å². The van der Waals surface area contributed by atoms with Crippen molar-refractivity contribution in [3.05, 3.63) is 0 Å². The Morgan fingerprint density at radius 2 is 1.71 bits per heavy atom. The van der Waals surface area contributed by atoms with Crippen LogP contribution in [0.25, 0.3) is 0 Å². The van der Waals surface area contributed by atoms with Gasteiger partial charge < -0.3 is 5.11 Å². The molecule has 0 bridgehead atoms. The molecule has 0 aliphatic carbocycles. The lowest BCUT2D eigenvalue weighted by atomic mass is 10.1. The Morgan fingerprint density at radius 1 is 1.18 bits per heavy atom. The molecule has 2 N–H and O–H groups in total. The fraction of sp³-hybridized carbons (Fsp3) is 0.909. The molecule has 0 saturated heterocycles. The molecule has 0 aromatic carbocycles. The largest absolute Gasteiger partial charge is 0.480 e. The van der Waals surface area contributed by atoms with E-state index in [1.54, 1.807) is 0 Å². The van der Waals surface area contributed by atoms with Crippen LogP contribution in [0.2, 0.25) is 0 Å². The maximum absolute atomic E-state index is 11.7. The Kier molecular flexibility index (Phi) is 6.70. The highest BCUT2D eigenvalue weighted by Gasteiger charge is 2.24. The van der Waals surface area contributed by atoms with Gasteiger partial charge in [0.25, 0.3) is 0 Å². The normalized spacial score (nSPS) is 14.2. The number of sulfonamides is 1. The Balaban J connectivity index is 4.48. The van der Waals surface area contributed by atoms with Crippen LogP contribution < -0.4 is 4.72 Å². The molecule has 102 valence electrons. The average molecular weight is 265 g/mol.